The van der Waals surface area contributed by atoms with Gasteiger partial charge in [0.15, 0.2) is 0 Å². The second kappa shape index (κ2) is 6.54. The first-order valence-electron chi connectivity index (χ1n) is 6.52. The van der Waals surface area contributed by atoms with Crippen molar-refractivity contribution in [3.05, 3.63) is 35.6 Å². The zero-order valence-corrected chi connectivity index (χ0v) is 11.6. The van der Waals surface area contributed by atoms with Crippen LogP contribution in [0.4, 0.5) is 0 Å². The van der Waals surface area contributed by atoms with Crippen LogP contribution in [0.2, 0.25) is 0 Å². The number of hydrogen-bond donors (Lipinski definition) is 1. The normalized spacial score (nSPS) is 11.3. The molecule has 0 fully saturated rings. The molecule has 5 nitrogen and oxygen atoms in total. The van der Waals surface area contributed by atoms with Gasteiger partial charge in [-0.05, 0) is 19.9 Å². The molecule has 1 N–H and O–H groups in total. The van der Waals surface area contributed by atoms with Gasteiger partial charge in [0, 0.05) is 5.39 Å². The number of carboxylic acid groups (broad SMARTS) is 1. The molecule has 0 spiro atoms. The number of hydrogen-bond acceptors (Lipinski definition) is 4. The van der Waals surface area contributed by atoms with E-state index in [4.69, 9.17) is 13.9 Å². The fourth-order valence-corrected chi connectivity index (χ4v) is 1.94. The second-order valence-electron chi connectivity index (χ2n) is 4.67. The van der Waals surface area contributed by atoms with E-state index in [1.807, 2.05) is 13.8 Å². The predicted octanol–water partition coefficient (Wildman–Crippen LogP) is 3.07. The van der Waals surface area contributed by atoms with Gasteiger partial charge in [-0.3, -0.25) is 0 Å². The number of aromatic carboxylic acids is 1. The first-order chi connectivity index (χ1) is 9.59. The van der Waals surface area contributed by atoms with Crippen molar-refractivity contribution in [2.75, 3.05) is 13.2 Å². The summed E-state index contributed by atoms with van der Waals surface area (Å²) in [6.45, 7) is 4.88. The Bertz CT molecular complexity index is 585. The maximum absolute atomic E-state index is 11.3. The van der Waals surface area contributed by atoms with Gasteiger partial charge in [-0.15, -0.1) is 0 Å². The van der Waals surface area contributed by atoms with Crippen LogP contribution >= 0.6 is 0 Å². The number of benzene rings is 1. The van der Waals surface area contributed by atoms with Crippen LogP contribution in [0.25, 0.3) is 11.0 Å². The summed E-state index contributed by atoms with van der Waals surface area (Å²) in [4.78, 5) is 11.3. The molecule has 0 saturated carbocycles. The van der Waals surface area contributed by atoms with Crippen LogP contribution in [0.5, 0.6) is 0 Å². The first kappa shape index (κ1) is 14.6. The minimum atomic E-state index is -1.01. The van der Waals surface area contributed by atoms with Gasteiger partial charge in [-0.2, -0.15) is 0 Å². The zero-order valence-electron chi connectivity index (χ0n) is 11.6. The molecule has 0 radical (unpaired) electrons. The van der Waals surface area contributed by atoms with E-state index in [0.717, 1.165) is 0 Å². The highest BCUT2D eigenvalue weighted by atomic mass is 16.5. The highest BCUT2D eigenvalue weighted by Gasteiger charge is 2.19. The Morgan fingerprint density at radius 3 is 2.75 bits per heavy atom. The quantitative estimate of drug-likeness (QED) is 0.788. The van der Waals surface area contributed by atoms with E-state index < -0.39 is 5.97 Å². The smallest absolute Gasteiger partial charge is 0.340 e. The highest BCUT2D eigenvalue weighted by Crippen LogP contribution is 2.26. The van der Waals surface area contributed by atoms with Crippen molar-refractivity contribution in [3.63, 3.8) is 0 Å². The summed E-state index contributed by atoms with van der Waals surface area (Å²) >= 11 is 0. The zero-order chi connectivity index (χ0) is 14.5. The highest BCUT2D eigenvalue weighted by molar-refractivity contribution is 6.03. The van der Waals surface area contributed by atoms with E-state index in [1.165, 1.54) is 0 Å². The Morgan fingerprint density at radius 1 is 1.30 bits per heavy atom. The lowest BCUT2D eigenvalue weighted by atomic mass is 10.1. The fraction of sp³-hybridized carbons (Fsp3) is 0.400. The summed E-state index contributed by atoms with van der Waals surface area (Å²) in [5, 5.41) is 9.88. The van der Waals surface area contributed by atoms with Gasteiger partial charge in [0.1, 0.15) is 23.5 Å². The van der Waals surface area contributed by atoms with Crippen molar-refractivity contribution >= 4 is 16.9 Å². The summed E-state index contributed by atoms with van der Waals surface area (Å²) in [5.74, 6) is -0.671. The maximum atomic E-state index is 11.3. The van der Waals surface area contributed by atoms with Gasteiger partial charge in [0.2, 0.25) is 0 Å². The molecule has 1 aromatic heterocycles. The molecule has 0 atom stereocenters. The van der Waals surface area contributed by atoms with E-state index in [-0.39, 0.29) is 18.3 Å². The topological polar surface area (TPSA) is 68.9 Å². The average molecular weight is 278 g/mol. The van der Waals surface area contributed by atoms with Crippen LogP contribution in [0.15, 0.2) is 28.7 Å². The van der Waals surface area contributed by atoms with Gasteiger partial charge in [-0.1, -0.05) is 18.2 Å². The molecule has 2 aromatic rings. The largest absolute Gasteiger partial charge is 0.478 e. The van der Waals surface area contributed by atoms with E-state index in [0.29, 0.717) is 29.9 Å². The summed E-state index contributed by atoms with van der Waals surface area (Å²) in [5.41, 5.74) is 0.729. The lowest BCUT2D eigenvalue weighted by molar-refractivity contribution is 0.0103. The van der Waals surface area contributed by atoms with Crippen LogP contribution in [-0.2, 0) is 16.1 Å². The molecule has 5 heteroatoms. The molecular weight excluding hydrogens is 260 g/mol. The number of fused-ring (bicyclic) bond motifs is 1. The molecule has 1 aromatic carbocycles. The van der Waals surface area contributed by atoms with E-state index in [1.54, 1.807) is 24.3 Å². The van der Waals surface area contributed by atoms with Gasteiger partial charge in [0.05, 0.1) is 19.3 Å². The molecule has 20 heavy (non-hydrogen) atoms. The molecular formula is C15H18O5. The van der Waals surface area contributed by atoms with Crippen molar-refractivity contribution in [1.82, 2.24) is 0 Å². The van der Waals surface area contributed by atoms with Crippen LogP contribution < -0.4 is 0 Å². The third-order valence-corrected chi connectivity index (χ3v) is 2.79. The predicted molar refractivity (Wildman–Crippen MR) is 73.9 cm³/mol. The molecule has 0 bridgehead atoms. The lowest BCUT2D eigenvalue weighted by Crippen LogP contribution is -2.10. The summed E-state index contributed by atoms with van der Waals surface area (Å²) in [6.07, 6.45) is 0.152. The average Bonchev–Trinajstić information content (AvgIpc) is 2.76. The van der Waals surface area contributed by atoms with Gasteiger partial charge < -0.3 is 19.0 Å². The Hall–Kier alpha value is -1.85. The van der Waals surface area contributed by atoms with Gasteiger partial charge in [0.25, 0.3) is 0 Å². The van der Waals surface area contributed by atoms with Crippen LogP contribution in [-0.4, -0.2) is 30.4 Å². The summed E-state index contributed by atoms with van der Waals surface area (Å²) < 4.78 is 16.3. The number of carbonyl (C=O) groups is 1. The van der Waals surface area contributed by atoms with Crippen molar-refractivity contribution in [3.8, 4) is 0 Å². The number of carboxylic acids is 1. The number of furan rings is 1. The van der Waals surface area contributed by atoms with Crippen molar-refractivity contribution in [2.24, 2.45) is 0 Å². The van der Waals surface area contributed by atoms with Crippen LogP contribution in [0.3, 0.4) is 0 Å². The molecule has 2 rings (SSSR count). The molecule has 0 aliphatic heterocycles. The molecule has 0 amide bonds. The molecule has 0 saturated heterocycles. The van der Waals surface area contributed by atoms with E-state index >= 15 is 0 Å². The van der Waals surface area contributed by atoms with E-state index in [9.17, 15) is 9.90 Å². The second-order valence-corrected chi connectivity index (χ2v) is 4.67. The third kappa shape index (κ3) is 3.37. The minimum absolute atomic E-state index is 0.123. The van der Waals surface area contributed by atoms with Gasteiger partial charge >= 0.3 is 5.97 Å². The Balaban J connectivity index is 2.06. The number of ether oxygens (including phenoxy) is 2. The Morgan fingerprint density at radius 2 is 2.05 bits per heavy atom. The van der Waals surface area contributed by atoms with Crippen LogP contribution in [0.1, 0.15) is 30.0 Å². The van der Waals surface area contributed by atoms with Crippen LogP contribution in [0, 0.1) is 0 Å². The Kier molecular flexibility index (Phi) is 4.76. The Labute approximate surface area is 117 Å². The molecule has 108 valence electrons. The summed E-state index contributed by atoms with van der Waals surface area (Å²) in [7, 11) is 0. The standard InChI is InChI=1S/C15H18O5/c1-10(2)19-8-7-18-9-13-14(15(16)17)11-5-3-4-6-12(11)20-13/h3-6,10H,7-9H2,1-2H3,(H,16,17). The fourth-order valence-electron chi connectivity index (χ4n) is 1.94. The van der Waals surface area contributed by atoms with Crippen molar-refractivity contribution in [2.45, 2.75) is 26.6 Å². The third-order valence-electron chi connectivity index (χ3n) is 2.79. The molecule has 1 heterocycles. The molecule has 0 aliphatic carbocycles. The minimum Gasteiger partial charge on any atom is -0.478 e. The monoisotopic (exact) mass is 278 g/mol. The maximum Gasteiger partial charge on any atom is 0.340 e. The van der Waals surface area contributed by atoms with Crippen molar-refractivity contribution in [1.29, 1.82) is 0 Å². The number of para-hydroxylation sites is 1. The summed E-state index contributed by atoms with van der Waals surface area (Å²) in [6, 6.07) is 7.06. The van der Waals surface area contributed by atoms with Gasteiger partial charge in [-0.25, -0.2) is 4.79 Å². The number of rotatable bonds is 7. The van der Waals surface area contributed by atoms with Crippen molar-refractivity contribution < 1.29 is 23.8 Å². The molecule has 0 unspecified atom stereocenters. The van der Waals surface area contributed by atoms with E-state index in [2.05, 4.69) is 0 Å². The first-order valence-corrected chi connectivity index (χ1v) is 6.52. The molecule has 0 aliphatic rings. The lowest BCUT2D eigenvalue weighted by Gasteiger charge is -2.07. The SMILES string of the molecule is CC(C)OCCOCc1oc2ccccc2c1C(=O)O.